The van der Waals surface area contributed by atoms with E-state index < -0.39 is 0 Å². The largest absolute Gasteiger partial charge is 0.345 e. The molecule has 4 rings (SSSR count). The van der Waals surface area contributed by atoms with Gasteiger partial charge < -0.3 is 5.32 Å². The predicted molar refractivity (Wildman–Crippen MR) is 119 cm³/mol. The first-order chi connectivity index (χ1) is 14.2. The van der Waals surface area contributed by atoms with Crippen LogP contribution in [0.3, 0.4) is 0 Å². The zero-order chi connectivity index (χ0) is 20.1. The van der Waals surface area contributed by atoms with Crippen LogP contribution >= 0.6 is 0 Å². The normalized spacial score (nSPS) is 16.3. The summed E-state index contributed by atoms with van der Waals surface area (Å²) in [6.45, 7) is 2.09. The molecule has 1 fully saturated rings. The molecule has 1 aliphatic rings. The third-order valence-electron chi connectivity index (χ3n) is 6.14. The maximum Gasteiger partial charge on any atom is 0.228 e. The third kappa shape index (κ3) is 4.59. The van der Waals surface area contributed by atoms with E-state index in [1.165, 1.54) is 18.4 Å². The van der Waals surface area contributed by atoms with Gasteiger partial charge >= 0.3 is 0 Å². The number of rotatable bonds is 6. The first-order valence-electron chi connectivity index (χ1n) is 10.7. The molecule has 1 N–H and O–H groups in total. The van der Waals surface area contributed by atoms with Crippen molar-refractivity contribution < 1.29 is 4.79 Å². The van der Waals surface area contributed by atoms with Gasteiger partial charge in [-0.15, -0.1) is 0 Å². The molecule has 0 saturated heterocycles. The molecule has 1 aliphatic carbocycles. The van der Waals surface area contributed by atoms with E-state index in [1.807, 2.05) is 36.4 Å². The summed E-state index contributed by atoms with van der Waals surface area (Å²) in [5.74, 6) is 0.472. The maximum atomic E-state index is 13.6. The molecule has 1 saturated carbocycles. The molecule has 0 unspecified atom stereocenters. The van der Waals surface area contributed by atoms with Gasteiger partial charge in [-0.3, -0.25) is 4.79 Å². The summed E-state index contributed by atoms with van der Waals surface area (Å²) >= 11 is 0. The molecule has 2 heteroatoms. The zero-order valence-corrected chi connectivity index (χ0v) is 17.1. The molecule has 0 radical (unpaired) electrons. The van der Waals surface area contributed by atoms with Crippen LogP contribution in [0.4, 0.5) is 0 Å². The minimum absolute atomic E-state index is 0.0876. The molecular formula is C27H29NO. The Morgan fingerprint density at radius 3 is 1.86 bits per heavy atom. The van der Waals surface area contributed by atoms with Crippen LogP contribution in [0.25, 0.3) is 0 Å². The van der Waals surface area contributed by atoms with E-state index >= 15 is 0 Å². The lowest BCUT2D eigenvalue weighted by atomic mass is 9.83. The first kappa shape index (κ1) is 19.4. The van der Waals surface area contributed by atoms with E-state index in [0.717, 1.165) is 29.5 Å². The minimum atomic E-state index is -0.142. The number of aryl methyl sites for hydroxylation is 1. The molecule has 0 spiro atoms. The Morgan fingerprint density at radius 2 is 1.28 bits per heavy atom. The standard InChI is InChI=1S/C27H29NO/c1-20-16-18-24(19-17-20)26(23-14-6-3-7-15-23)28-27(29)25(22-12-8-9-13-22)21-10-4-2-5-11-21/h2-7,10-11,14-19,22,25-26H,8-9,12-13H2,1H3,(H,28,29)/t25-,26+/m1/s1. The fraction of sp³-hybridized carbons (Fsp3) is 0.296. The summed E-state index contributed by atoms with van der Waals surface area (Å²) in [6.07, 6.45) is 4.71. The fourth-order valence-corrected chi connectivity index (χ4v) is 4.58. The van der Waals surface area contributed by atoms with Crippen LogP contribution in [-0.2, 0) is 4.79 Å². The van der Waals surface area contributed by atoms with Crippen LogP contribution in [0.2, 0.25) is 0 Å². The second-order valence-electron chi connectivity index (χ2n) is 8.20. The molecular weight excluding hydrogens is 354 g/mol. The Bertz CT molecular complexity index is 912. The van der Waals surface area contributed by atoms with Crippen LogP contribution in [0.1, 0.15) is 59.9 Å². The number of carbonyl (C=O) groups is 1. The quantitative estimate of drug-likeness (QED) is 0.541. The van der Waals surface area contributed by atoms with Crippen molar-refractivity contribution in [3.05, 3.63) is 107 Å². The van der Waals surface area contributed by atoms with E-state index in [2.05, 4.69) is 60.8 Å². The number of carbonyl (C=O) groups excluding carboxylic acids is 1. The van der Waals surface area contributed by atoms with Crippen molar-refractivity contribution >= 4 is 5.91 Å². The van der Waals surface area contributed by atoms with Crippen molar-refractivity contribution in [3.63, 3.8) is 0 Å². The summed E-state index contributed by atoms with van der Waals surface area (Å²) in [6, 6.07) is 28.9. The summed E-state index contributed by atoms with van der Waals surface area (Å²) in [7, 11) is 0. The Balaban J connectivity index is 1.66. The fourth-order valence-electron chi connectivity index (χ4n) is 4.58. The number of benzene rings is 3. The Morgan fingerprint density at radius 1 is 0.759 bits per heavy atom. The molecule has 148 valence electrons. The average Bonchev–Trinajstić information content (AvgIpc) is 3.29. The summed E-state index contributed by atoms with van der Waals surface area (Å²) in [5, 5.41) is 3.41. The van der Waals surface area contributed by atoms with Crippen molar-refractivity contribution in [3.8, 4) is 0 Å². The molecule has 0 aliphatic heterocycles. The van der Waals surface area contributed by atoms with Crippen molar-refractivity contribution in [1.82, 2.24) is 5.32 Å². The minimum Gasteiger partial charge on any atom is -0.345 e. The molecule has 1 amide bonds. The van der Waals surface area contributed by atoms with Gasteiger partial charge in [0.1, 0.15) is 0 Å². The van der Waals surface area contributed by atoms with Gasteiger partial charge in [-0.2, -0.15) is 0 Å². The highest BCUT2D eigenvalue weighted by molar-refractivity contribution is 5.84. The number of hydrogen-bond acceptors (Lipinski definition) is 1. The molecule has 2 atom stereocenters. The van der Waals surface area contributed by atoms with Gasteiger partial charge in [-0.25, -0.2) is 0 Å². The van der Waals surface area contributed by atoms with Gasteiger partial charge in [0.05, 0.1) is 12.0 Å². The van der Waals surface area contributed by atoms with Gasteiger partial charge in [0, 0.05) is 0 Å². The summed E-state index contributed by atoms with van der Waals surface area (Å²) in [5.41, 5.74) is 4.59. The number of amides is 1. The maximum absolute atomic E-state index is 13.6. The van der Waals surface area contributed by atoms with Gasteiger partial charge in [0.2, 0.25) is 5.91 Å². The Labute approximate surface area is 174 Å². The molecule has 0 bridgehead atoms. The van der Waals surface area contributed by atoms with Crippen LogP contribution < -0.4 is 5.32 Å². The second-order valence-corrected chi connectivity index (χ2v) is 8.20. The molecule has 3 aromatic rings. The van der Waals surface area contributed by atoms with Gasteiger partial charge in [-0.05, 0) is 42.4 Å². The summed E-state index contributed by atoms with van der Waals surface area (Å²) in [4.78, 5) is 13.6. The number of nitrogens with one attached hydrogen (secondary N) is 1. The lowest BCUT2D eigenvalue weighted by Gasteiger charge is -2.27. The molecule has 3 aromatic carbocycles. The Hall–Kier alpha value is -2.87. The van der Waals surface area contributed by atoms with Gasteiger partial charge in [0.25, 0.3) is 0 Å². The average molecular weight is 384 g/mol. The van der Waals surface area contributed by atoms with E-state index in [1.54, 1.807) is 0 Å². The molecule has 29 heavy (non-hydrogen) atoms. The topological polar surface area (TPSA) is 29.1 Å². The highest BCUT2D eigenvalue weighted by atomic mass is 16.2. The van der Waals surface area contributed by atoms with Crippen molar-refractivity contribution in [2.24, 2.45) is 5.92 Å². The van der Waals surface area contributed by atoms with Crippen molar-refractivity contribution in [2.45, 2.75) is 44.6 Å². The van der Waals surface area contributed by atoms with Crippen LogP contribution in [0.15, 0.2) is 84.9 Å². The first-order valence-corrected chi connectivity index (χ1v) is 10.7. The van der Waals surface area contributed by atoms with E-state index in [-0.39, 0.29) is 17.9 Å². The monoisotopic (exact) mass is 383 g/mol. The van der Waals surface area contributed by atoms with Gasteiger partial charge in [0.15, 0.2) is 0 Å². The molecule has 0 aromatic heterocycles. The van der Waals surface area contributed by atoms with E-state index in [0.29, 0.717) is 5.92 Å². The van der Waals surface area contributed by atoms with Crippen molar-refractivity contribution in [2.75, 3.05) is 0 Å². The third-order valence-corrected chi connectivity index (χ3v) is 6.14. The van der Waals surface area contributed by atoms with Crippen LogP contribution in [0, 0.1) is 12.8 Å². The lowest BCUT2D eigenvalue weighted by Crippen LogP contribution is -2.36. The highest BCUT2D eigenvalue weighted by Crippen LogP contribution is 2.38. The SMILES string of the molecule is Cc1ccc([C@@H](NC(=O)[C@H](c2ccccc2)C2CCCC2)c2ccccc2)cc1. The van der Waals surface area contributed by atoms with Crippen LogP contribution in [-0.4, -0.2) is 5.91 Å². The summed E-state index contributed by atoms with van der Waals surface area (Å²) < 4.78 is 0. The highest BCUT2D eigenvalue weighted by Gasteiger charge is 2.33. The van der Waals surface area contributed by atoms with Crippen molar-refractivity contribution in [1.29, 1.82) is 0 Å². The molecule has 2 nitrogen and oxygen atoms in total. The number of hydrogen-bond donors (Lipinski definition) is 1. The smallest absolute Gasteiger partial charge is 0.228 e. The van der Waals surface area contributed by atoms with E-state index in [4.69, 9.17) is 0 Å². The van der Waals surface area contributed by atoms with E-state index in [9.17, 15) is 4.79 Å². The predicted octanol–water partition coefficient (Wildman–Crippen LogP) is 6.17. The second kappa shape index (κ2) is 9.09. The van der Waals surface area contributed by atoms with Crippen LogP contribution in [0.5, 0.6) is 0 Å². The Kier molecular flexibility index (Phi) is 6.09. The van der Waals surface area contributed by atoms with Gasteiger partial charge in [-0.1, -0.05) is 103 Å². The zero-order valence-electron chi connectivity index (χ0n) is 17.1. The molecule has 0 heterocycles. The lowest BCUT2D eigenvalue weighted by molar-refractivity contribution is -0.124.